The van der Waals surface area contributed by atoms with Crippen LogP contribution >= 0.6 is 23.2 Å². The van der Waals surface area contributed by atoms with Gasteiger partial charge in [-0.25, -0.2) is 4.98 Å². The normalized spacial score (nSPS) is 28.5. The first kappa shape index (κ1) is 10.6. The fraction of sp³-hybridized carbons (Fsp3) is 0.545. The Bertz CT molecular complexity index is 410. The number of fused-ring (bicyclic) bond motifs is 2. The van der Waals surface area contributed by atoms with E-state index in [-0.39, 0.29) is 0 Å². The van der Waals surface area contributed by atoms with Gasteiger partial charge in [0.25, 0.3) is 0 Å². The molecule has 3 rings (SSSR count). The van der Waals surface area contributed by atoms with Gasteiger partial charge in [0, 0.05) is 25.2 Å². The average molecular weight is 258 g/mol. The molecule has 5 heteroatoms. The highest BCUT2D eigenvalue weighted by molar-refractivity contribution is 6.41. The van der Waals surface area contributed by atoms with Crippen LogP contribution in [0.2, 0.25) is 10.2 Å². The number of piperidine rings is 1. The molecule has 0 amide bonds. The Kier molecular flexibility index (Phi) is 2.70. The zero-order chi connectivity index (χ0) is 11.1. The predicted molar refractivity (Wildman–Crippen MR) is 66.4 cm³/mol. The van der Waals surface area contributed by atoms with Gasteiger partial charge in [-0.1, -0.05) is 23.2 Å². The minimum Gasteiger partial charge on any atom is -0.366 e. The molecule has 2 atom stereocenters. The van der Waals surface area contributed by atoms with Crippen LogP contribution in [0.15, 0.2) is 12.3 Å². The fourth-order valence-corrected chi connectivity index (χ4v) is 2.90. The number of hydrogen-bond donors (Lipinski definition) is 1. The highest BCUT2D eigenvalue weighted by atomic mass is 35.5. The van der Waals surface area contributed by atoms with Gasteiger partial charge in [0.1, 0.15) is 5.15 Å². The van der Waals surface area contributed by atoms with E-state index in [0.29, 0.717) is 22.3 Å². The standard InChI is InChI=1S/C11H13Cl2N3/c12-10-4-9(6-15-11(10)13)16-2-1-7-3-8(16)5-14-7/h4,6-8,14H,1-3,5H2/t7-,8+/m1/s1. The first-order valence-electron chi connectivity index (χ1n) is 5.55. The van der Waals surface area contributed by atoms with Gasteiger partial charge in [0.15, 0.2) is 0 Å². The summed E-state index contributed by atoms with van der Waals surface area (Å²) in [6.07, 6.45) is 4.23. The lowest BCUT2D eigenvalue weighted by atomic mass is 10.0. The lowest BCUT2D eigenvalue weighted by Crippen LogP contribution is -2.40. The van der Waals surface area contributed by atoms with Crippen molar-refractivity contribution < 1.29 is 0 Å². The molecule has 0 unspecified atom stereocenters. The van der Waals surface area contributed by atoms with Gasteiger partial charge in [-0.2, -0.15) is 0 Å². The van der Waals surface area contributed by atoms with Gasteiger partial charge >= 0.3 is 0 Å². The predicted octanol–water partition coefficient (Wildman–Crippen LogP) is 2.33. The summed E-state index contributed by atoms with van der Waals surface area (Å²) in [7, 11) is 0. The second-order valence-electron chi connectivity index (χ2n) is 4.44. The van der Waals surface area contributed by atoms with Crippen LogP contribution in [-0.4, -0.2) is 30.2 Å². The molecule has 16 heavy (non-hydrogen) atoms. The third kappa shape index (κ3) is 1.77. The van der Waals surface area contributed by atoms with E-state index in [1.807, 2.05) is 12.3 Å². The Morgan fingerprint density at radius 1 is 1.44 bits per heavy atom. The zero-order valence-corrected chi connectivity index (χ0v) is 10.3. The molecular formula is C11H13Cl2N3. The maximum atomic E-state index is 6.00. The molecule has 86 valence electrons. The van der Waals surface area contributed by atoms with E-state index in [1.165, 1.54) is 12.8 Å². The van der Waals surface area contributed by atoms with Crippen LogP contribution in [0.3, 0.4) is 0 Å². The summed E-state index contributed by atoms with van der Waals surface area (Å²) in [4.78, 5) is 6.49. The van der Waals surface area contributed by atoms with Gasteiger partial charge < -0.3 is 10.2 Å². The van der Waals surface area contributed by atoms with Crippen molar-refractivity contribution in [1.82, 2.24) is 10.3 Å². The molecule has 3 heterocycles. The van der Waals surface area contributed by atoms with Gasteiger partial charge in [0.05, 0.1) is 16.9 Å². The van der Waals surface area contributed by atoms with Crippen molar-refractivity contribution in [3.05, 3.63) is 22.4 Å². The third-order valence-electron chi connectivity index (χ3n) is 3.47. The van der Waals surface area contributed by atoms with Crippen molar-refractivity contribution in [2.24, 2.45) is 0 Å². The number of anilines is 1. The number of pyridine rings is 1. The molecule has 0 radical (unpaired) electrons. The minimum atomic E-state index is 0.379. The van der Waals surface area contributed by atoms with Crippen molar-refractivity contribution in [2.45, 2.75) is 24.9 Å². The molecule has 2 saturated heterocycles. The van der Waals surface area contributed by atoms with Crippen LogP contribution < -0.4 is 10.2 Å². The molecule has 2 bridgehead atoms. The molecule has 0 aliphatic carbocycles. The van der Waals surface area contributed by atoms with E-state index in [4.69, 9.17) is 23.2 Å². The monoisotopic (exact) mass is 257 g/mol. The molecule has 0 spiro atoms. The molecule has 0 aromatic carbocycles. The van der Waals surface area contributed by atoms with Crippen molar-refractivity contribution >= 4 is 28.9 Å². The maximum Gasteiger partial charge on any atom is 0.147 e. The zero-order valence-electron chi connectivity index (χ0n) is 8.79. The highest BCUT2D eigenvalue weighted by Gasteiger charge is 2.33. The van der Waals surface area contributed by atoms with Crippen molar-refractivity contribution in [1.29, 1.82) is 0 Å². The summed E-state index contributed by atoms with van der Waals surface area (Å²) in [5.41, 5.74) is 1.08. The van der Waals surface area contributed by atoms with E-state index < -0.39 is 0 Å². The number of nitrogens with one attached hydrogen (secondary N) is 1. The Morgan fingerprint density at radius 3 is 3.12 bits per heavy atom. The number of aromatic nitrogens is 1. The molecule has 1 aromatic heterocycles. The van der Waals surface area contributed by atoms with Crippen LogP contribution in [0.1, 0.15) is 12.8 Å². The topological polar surface area (TPSA) is 28.2 Å². The summed E-state index contributed by atoms with van der Waals surface area (Å²) in [5.74, 6) is 0. The molecule has 3 nitrogen and oxygen atoms in total. The van der Waals surface area contributed by atoms with E-state index >= 15 is 0 Å². The largest absolute Gasteiger partial charge is 0.366 e. The molecular weight excluding hydrogens is 245 g/mol. The van der Waals surface area contributed by atoms with Gasteiger partial charge in [-0.15, -0.1) is 0 Å². The molecule has 0 saturated carbocycles. The van der Waals surface area contributed by atoms with Gasteiger partial charge in [-0.05, 0) is 18.9 Å². The van der Waals surface area contributed by atoms with Crippen molar-refractivity contribution in [3.63, 3.8) is 0 Å². The summed E-state index contributed by atoms with van der Waals surface area (Å²) in [6, 6.07) is 3.20. The minimum absolute atomic E-state index is 0.379. The molecule has 2 fully saturated rings. The van der Waals surface area contributed by atoms with Crippen LogP contribution in [-0.2, 0) is 0 Å². The molecule has 2 aliphatic rings. The lowest BCUT2D eigenvalue weighted by Gasteiger charge is -2.34. The van der Waals surface area contributed by atoms with Crippen LogP contribution in [0.4, 0.5) is 5.69 Å². The summed E-state index contributed by atoms with van der Waals surface area (Å²) in [5, 5.41) is 4.44. The Morgan fingerprint density at radius 2 is 2.31 bits per heavy atom. The summed E-state index contributed by atoms with van der Waals surface area (Å²) >= 11 is 11.8. The fourth-order valence-electron chi connectivity index (χ4n) is 2.64. The number of nitrogens with zero attached hydrogens (tertiary/aromatic N) is 2. The first-order chi connectivity index (χ1) is 7.74. The Hall–Kier alpha value is -0.510. The third-order valence-corrected chi connectivity index (χ3v) is 4.16. The van der Waals surface area contributed by atoms with E-state index in [9.17, 15) is 0 Å². The SMILES string of the molecule is Clc1cc(N2CC[C@@H]3C[C@H]2CN3)cnc1Cl. The van der Waals surface area contributed by atoms with Crippen molar-refractivity contribution in [3.8, 4) is 0 Å². The average Bonchev–Trinajstić information content (AvgIpc) is 2.65. The van der Waals surface area contributed by atoms with Gasteiger partial charge in [-0.3, -0.25) is 0 Å². The molecule has 2 aliphatic heterocycles. The number of halogens is 2. The van der Waals surface area contributed by atoms with E-state index in [1.54, 1.807) is 0 Å². The first-order valence-corrected chi connectivity index (χ1v) is 6.30. The van der Waals surface area contributed by atoms with Crippen molar-refractivity contribution in [2.75, 3.05) is 18.0 Å². The van der Waals surface area contributed by atoms with Crippen LogP contribution in [0.25, 0.3) is 0 Å². The molecule has 1 N–H and O–H groups in total. The summed E-state index contributed by atoms with van der Waals surface area (Å²) < 4.78 is 0. The lowest BCUT2D eigenvalue weighted by molar-refractivity contribution is 0.490. The summed E-state index contributed by atoms with van der Waals surface area (Å²) in [6.45, 7) is 2.13. The second-order valence-corrected chi connectivity index (χ2v) is 5.21. The van der Waals surface area contributed by atoms with E-state index in [0.717, 1.165) is 18.8 Å². The van der Waals surface area contributed by atoms with E-state index in [2.05, 4.69) is 15.2 Å². The van der Waals surface area contributed by atoms with Crippen LogP contribution in [0.5, 0.6) is 0 Å². The molecule has 1 aromatic rings. The Labute approximate surface area is 105 Å². The van der Waals surface area contributed by atoms with Gasteiger partial charge in [0.2, 0.25) is 0 Å². The number of hydrogen-bond acceptors (Lipinski definition) is 3. The second kappa shape index (κ2) is 4.06. The number of rotatable bonds is 1. The maximum absolute atomic E-state index is 6.00. The Balaban J connectivity index is 1.88. The quantitative estimate of drug-likeness (QED) is 0.783. The highest BCUT2D eigenvalue weighted by Crippen LogP contribution is 2.31. The van der Waals surface area contributed by atoms with Crippen LogP contribution in [0, 0.1) is 0 Å². The smallest absolute Gasteiger partial charge is 0.147 e.